The summed E-state index contributed by atoms with van der Waals surface area (Å²) in [5.41, 5.74) is 6.45. The Kier molecular flexibility index (Phi) is 10.1. The number of carboxylic acids is 1. The third kappa shape index (κ3) is 7.56. The maximum absolute atomic E-state index is 13.7. The lowest BCUT2D eigenvalue weighted by molar-refractivity contribution is -0.141. The van der Waals surface area contributed by atoms with Crippen LogP contribution in [0, 0.1) is 11.3 Å². The van der Waals surface area contributed by atoms with Gasteiger partial charge in [0.2, 0.25) is 11.8 Å². The maximum Gasteiger partial charge on any atom is 0.331 e. The topological polar surface area (TPSA) is 125 Å². The standard InChI is InChI=1S/C27H44N4O4/c1-16(2)20(14-17(3)25(34)35)31(10)24(33)22(26(4,5)6)30-23(32)21(29-9)27(7,8)18-12-11-13-19(28)15-18/h11-16,20-22,29H,28H2,1-10H3,(H,30,32)(H,34,35). The number of anilines is 1. The van der Waals surface area contributed by atoms with Crippen LogP contribution < -0.4 is 16.4 Å². The molecule has 0 radical (unpaired) electrons. The van der Waals surface area contributed by atoms with Crippen molar-refractivity contribution < 1.29 is 19.5 Å². The molecule has 0 aliphatic carbocycles. The molecule has 2 amide bonds. The number of likely N-dealkylation sites (N-methyl/N-ethyl adjacent to an activating group) is 2. The number of hydrogen-bond donors (Lipinski definition) is 4. The first-order valence-electron chi connectivity index (χ1n) is 12.0. The number of nitrogens with zero attached hydrogens (tertiary/aromatic N) is 1. The van der Waals surface area contributed by atoms with Crippen LogP contribution in [0.5, 0.6) is 0 Å². The molecule has 5 N–H and O–H groups in total. The number of nitrogens with two attached hydrogens (primary N) is 1. The fourth-order valence-corrected chi connectivity index (χ4v) is 4.23. The molecule has 0 spiro atoms. The smallest absolute Gasteiger partial charge is 0.331 e. The largest absolute Gasteiger partial charge is 0.478 e. The van der Waals surface area contributed by atoms with Gasteiger partial charge in [0.15, 0.2) is 0 Å². The zero-order valence-electron chi connectivity index (χ0n) is 22.9. The first-order valence-corrected chi connectivity index (χ1v) is 12.0. The Hall–Kier alpha value is -2.87. The van der Waals surface area contributed by atoms with Gasteiger partial charge in [-0.3, -0.25) is 9.59 Å². The lowest BCUT2D eigenvalue weighted by Gasteiger charge is -2.40. The van der Waals surface area contributed by atoms with E-state index >= 15 is 0 Å². The maximum atomic E-state index is 13.7. The lowest BCUT2D eigenvalue weighted by Crippen LogP contribution is -2.61. The van der Waals surface area contributed by atoms with Crippen molar-refractivity contribution in [3.05, 3.63) is 41.5 Å². The molecule has 1 aromatic carbocycles. The molecular weight excluding hydrogens is 444 g/mol. The van der Waals surface area contributed by atoms with Crippen LogP contribution in [0.15, 0.2) is 35.9 Å². The summed E-state index contributed by atoms with van der Waals surface area (Å²) in [7, 11) is 3.36. The van der Waals surface area contributed by atoms with Crippen LogP contribution in [0.25, 0.3) is 0 Å². The number of carbonyl (C=O) groups is 3. The highest BCUT2D eigenvalue weighted by atomic mass is 16.4. The van der Waals surface area contributed by atoms with Crippen molar-refractivity contribution in [2.45, 2.75) is 78.9 Å². The molecule has 0 saturated heterocycles. The summed E-state index contributed by atoms with van der Waals surface area (Å²) >= 11 is 0. The third-order valence-corrected chi connectivity index (χ3v) is 6.54. The van der Waals surface area contributed by atoms with E-state index in [4.69, 9.17) is 5.73 Å². The van der Waals surface area contributed by atoms with Crippen molar-refractivity contribution in [3.8, 4) is 0 Å². The summed E-state index contributed by atoms with van der Waals surface area (Å²) in [4.78, 5) is 40.2. The first-order chi connectivity index (χ1) is 15.9. The van der Waals surface area contributed by atoms with Gasteiger partial charge in [0.05, 0.1) is 12.1 Å². The van der Waals surface area contributed by atoms with E-state index in [1.165, 1.54) is 11.8 Å². The van der Waals surface area contributed by atoms with Gasteiger partial charge in [-0.1, -0.05) is 66.7 Å². The van der Waals surface area contributed by atoms with E-state index in [2.05, 4.69) is 10.6 Å². The quantitative estimate of drug-likeness (QED) is 0.296. The predicted molar refractivity (Wildman–Crippen MR) is 141 cm³/mol. The van der Waals surface area contributed by atoms with Gasteiger partial charge in [0.25, 0.3) is 0 Å². The van der Waals surface area contributed by atoms with Crippen LogP contribution in [0.4, 0.5) is 5.69 Å². The normalized spacial score (nSPS) is 15.3. The molecule has 1 aromatic rings. The molecule has 0 aliphatic rings. The van der Waals surface area contributed by atoms with Crippen molar-refractivity contribution >= 4 is 23.5 Å². The number of nitrogens with one attached hydrogen (secondary N) is 2. The van der Waals surface area contributed by atoms with Crippen LogP contribution in [0.3, 0.4) is 0 Å². The number of nitrogen functional groups attached to an aromatic ring is 1. The van der Waals surface area contributed by atoms with Gasteiger partial charge in [-0.25, -0.2) is 4.79 Å². The minimum absolute atomic E-state index is 0.0258. The molecule has 0 bridgehead atoms. The van der Waals surface area contributed by atoms with Crippen molar-refractivity contribution in [3.63, 3.8) is 0 Å². The Bertz CT molecular complexity index is 947. The van der Waals surface area contributed by atoms with Crippen LogP contribution in [-0.4, -0.2) is 60.0 Å². The minimum Gasteiger partial charge on any atom is -0.478 e. The average Bonchev–Trinajstić information content (AvgIpc) is 2.73. The van der Waals surface area contributed by atoms with Gasteiger partial charge >= 0.3 is 5.97 Å². The van der Waals surface area contributed by atoms with Gasteiger partial charge in [-0.2, -0.15) is 0 Å². The Morgan fingerprint density at radius 3 is 2.09 bits per heavy atom. The minimum atomic E-state index is -1.03. The zero-order valence-corrected chi connectivity index (χ0v) is 22.9. The SMILES string of the molecule is CNC(C(=O)NC(C(=O)N(C)C(C=C(C)C(=O)O)C(C)C)C(C)(C)C)C(C)(C)c1cccc(N)c1. The summed E-state index contributed by atoms with van der Waals surface area (Å²) in [6, 6.07) is 5.52. The summed E-state index contributed by atoms with van der Waals surface area (Å²) < 4.78 is 0. The molecule has 3 atom stereocenters. The number of amides is 2. The van der Waals surface area contributed by atoms with E-state index in [1.807, 2.05) is 66.7 Å². The third-order valence-electron chi connectivity index (χ3n) is 6.54. The van der Waals surface area contributed by atoms with E-state index in [-0.39, 0.29) is 23.3 Å². The fraction of sp³-hybridized carbons (Fsp3) is 0.593. The molecule has 35 heavy (non-hydrogen) atoms. The van der Waals surface area contributed by atoms with Crippen LogP contribution in [-0.2, 0) is 19.8 Å². The number of benzene rings is 1. The van der Waals surface area contributed by atoms with Crippen LogP contribution >= 0.6 is 0 Å². The summed E-state index contributed by atoms with van der Waals surface area (Å²) in [6.45, 7) is 15.0. The van der Waals surface area contributed by atoms with Crippen molar-refractivity contribution in [1.82, 2.24) is 15.5 Å². The molecule has 0 aromatic heterocycles. The molecule has 0 heterocycles. The van der Waals surface area contributed by atoms with Crippen LogP contribution in [0.2, 0.25) is 0 Å². The molecule has 1 rings (SSSR count). The highest BCUT2D eigenvalue weighted by molar-refractivity contribution is 5.91. The van der Waals surface area contributed by atoms with Gasteiger partial charge in [0, 0.05) is 23.7 Å². The molecule has 8 nitrogen and oxygen atoms in total. The van der Waals surface area contributed by atoms with E-state index in [0.717, 1.165) is 5.56 Å². The Balaban J connectivity index is 3.32. The molecule has 8 heteroatoms. The number of rotatable bonds is 10. The summed E-state index contributed by atoms with van der Waals surface area (Å²) in [5.74, 6) is -1.64. The predicted octanol–water partition coefficient (Wildman–Crippen LogP) is 3.18. The Labute approximate surface area is 210 Å². The Morgan fingerprint density at radius 1 is 1.09 bits per heavy atom. The molecule has 196 valence electrons. The second-order valence-corrected chi connectivity index (χ2v) is 11.2. The molecule has 0 fully saturated rings. The van der Waals surface area contributed by atoms with Crippen LogP contribution in [0.1, 0.15) is 61.0 Å². The number of carboxylic acid groups (broad SMARTS) is 1. The second kappa shape index (κ2) is 11.7. The van der Waals surface area contributed by atoms with Crippen molar-refractivity contribution in [1.29, 1.82) is 0 Å². The average molecular weight is 489 g/mol. The van der Waals surface area contributed by atoms with E-state index in [0.29, 0.717) is 5.69 Å². The summed E-state index contributed by atoms with van der Waals surface area (Å²) in [5, 5.41) is 15.4. The lowest BCUT2D eigenvalue weighted by atomic mass is 9.76. The van der Waals surface area contributed by atoms with Gasteiger partial charge < -0.3 is 26.4 Å². The molecule has 0 aliphatic heterocycles. The number of carbonyl (C=O) groups excluding carboxylic acids is 2. The number of aliphatic carboxylic acids is 1. The van der Waals surface area contributed by atoms with E-state index in [9.17, 15) is 19.5 Å². The van der Waals surface area contributed by atoms with Crippen molar-refractivity contribution in [2.75, 3.05) is 19.8 Å². The fourth-order valence-electron chi connectivity index (χ4n) is 4.23. The van der Waals surface area contributed by atoms with Gasteiger partial charge in [-0.15, -0.1) is 0 Å². The first kappa shape index (κ1) is 30.2. The van der Waals surface area contributed by atoms with Crippen molar-refractivity contribution in [2.24, 2.45) is 11.3 Å². The van der Waals surface area contributed by atoms with E-state index < -0.39 is 34.9 Å². The zero-order chi connectivity index (χ0) is 27.3. The summed E-state index contributed by atoms with van der Waals surface area (Å²) in [6.07, 6.45) is 1.59. The van der Waals surface area contributed by atoms with Gasteiger partial charge in [0.1, 0.15) is 6.04 Å². The van der Waals surface area contributed by atoms with Gasteiger partial charge in [-0.05, 0) is 43.0 Å². The second-order valence-electron chi connectivity index (χ2n) is 11.2. The molecular formula is C27H44N4O4. The number of hydrogen-bond acceptors (Lipinski definition) is 5. The highest BCUT2D eigenvalue weighted by Gasteiger charge is 2.41. The highest BCUT2D eigenvalue weighted by Crippen LogP contribution is 2.30. The van der Waals surface area contributed by atoms with E-state index in [1.54, 1.807) is 26.2 Å². The molecule has 3 unspecified atom stereocenters. The Morgan fingerprint density at radius 2 is 1.66 bits per heavy atom. The monoisotopic (exact) mass is 488 g/mol. The molecule has 0 saturated carbocycles.